The van der Waals surface area contributed by atoms with Crippen molar-refractivity contribution in [2.75, 3.05) is 19.8 Å². The molecule has 0 aromatic rings. The van der Waals surface area contributed by atoms with Crippen LogP contribution in [0.2, 0.25) is 0 Å². The van der Waals surface area contributed by atoms with Crippen molar-refractivity contribution in [1.29, 1.82) is 0 Å². The Bertz CT molecular complexity index is 247. The van der Waals surface area contributed by atoms with Gasteiger partial charge in [0.2, 0.25) is 5.91 Å². The maximum Gasteiger partial charge on any atom is 0.237 e. The van der Waals surface area contributed by atoms with Crippen molar-refractivity contribution in [3.8, 4) is 0 Å². The van der Waals surface area contributed by atoms with Crippen LogP contribution in [-0.4, -0.2) is 31.2 Å². The molecule has 0 bridgehead atoms. The topological polar surface area (TPSA) is 64.3 Å². The number of unbranched alkanes of at least 4 members (excludes halogenated alkanes) is 5. The van der Waals surface area contributed by atoms with E-state index in [1.807, 2.05) is 6.92 Å². The van der Waals surface area contributed by atoms with Crippen LogP contribution in [0.4, 0.5) is 0 Å². The highest BCUT2D eigenvalue weighted by molar-refractivity contribution is 5.84. The fraction of sp³-hybridized carbons (Fsp3) is 0.938. The molecule has 120 valence electrons. The Morgan fingerprint density at radius 3 is 2.30 bits per heavy atom. The van der Waals surface area contributed by atoms with Gasteiger partial charge in [0.1, 0.15) is 0 Å². The first-order valence-corrected chi connectivity index (χ1v) is 8.19. The summed E-state index contributed by atoms with van der Waals surface area (Å²) in [7, 11) is 0. The smallest absolute Gasteiger partial charge is 0.237 e. The molecule has 0 spiro atoms. The molecular weight excluding hydrogens is 252 g/mol. The van der Waals surface area contributed by atoms with Crippen LogP contribution in [0.3, 0.4) is 0 Å². The lowest BCUT2D eigenvalue weighted by molar-refractivity contribution is -0.124. The predicted octanol–water partition coefficient (Wildman–Crippen LogP) is 3.00. The minimum absolute atomic E-state index is 0.297. The highest BCUT2D eigenvalue weighted by atomic mass is 16.5. The zero-order valence-electron chi connectivity index (χ0n) is 13.7. The van der Waals surface area contributed by atoms with Crippen molar-refractivity contribution in [1.82, 2.24) is 5.32 Å². The van der Waals surface area contributed by atoms with E-state index in [9.17, 15) is 4.79 Å². The number of hydrogen-bond donors (Lipinski definition) is 2. The molecule has 0 aromatic carbocycles. The number of ether oxygens (including phenoxy) is 1. The maximum atomic E-state index is 11.5. The molecule has 0 aliphatic rings. The van der Waals surface area contributed by atoms with Gasteiger partial charge in [-0.05, 0) is 32.7 Å². The van der Waals surface area contributed by atoms with Crippen molar-refractivity contribution in [3.05, 3.63) is 0 Å². The molecule has 4 heteroatoms. The first kappa shape index (κ1) is 19.4. The molecule has 0 aliphatic carbocycles. The van der Waals surface area contributed by atoms with E-state index in [0.717, 1.165) is 26.0 Å². The Labute approximate surface area is 124 Å². The number of carbonyl (C=O) groups is 1. The first-order chi connectivity index (χ1) is 9.56. The number of rotatable bonds is 14. The van der Waals surface area contributed by atoms with Gasteiger partial charge in [0.25, 0.3) is 0 Å². The normalized spacial score (nSPS) is 14.2. The van der Waals surface area contributed by atoms with E-state index in [-0.39, 0.29) is 5.91 Å². The third-order valence-corrected chi connectivity index (χ3v) is 3.70. The summed E-state index contributed by atoms with van der Waals surface area (Å²) in [6.45, 7) is 8.34. The van der Waals surface area contributed by atoms with Crippen LogP contribution < -0.4 is 11.1 Å². The first-order valence-electron chi connectivity index (χ1n) is 8.19. The SMILES string of the molecule is CCCCCCCCOCCC(C)(NCCC)C(N)=O. The van der Waals surface area contributed by atoms with Gasteiger partial charge in [0.15, 0.2) is 0 Å². The number of carbonyl (C=O) groups excluding carboxylic acids is 1. The maximum absolute atomic E-state index is 11.5. The number of hydrogen-bond acceptors (Lipinski definition) is 3. The third kappa shape index (κ3) is 9.32. The van der Waals surface area contributed by atoms with Crippen LogP contribution in [0.1, 0.15) is 72.1 Å². The quantitative estimate of drug-likeness (QED) is 0.482. The lowest BCUT2D eigenvalue weighted by Crippen LogP contribution is -2.54. The summed E-state index contributed by atoms with van der Waals surface area (Å²) in [5, 5.41) is 3.22. The molecule has 1 atom stereocenters. The summed E-state index contributed by atoms with van der Waals surface area (Å²) >= 11 is 0. The standard InChI is InChI=1S/C16H34N2O2/c1-4-6-7-8-9-10-13-20-14-11-16(3,15(17)19)18-12-5-2/h18H,4-14H2,1-3H3,(H2,17,19). The zero-order valence-corrected chi connectivity index (χ0v) is 13.7. The molecule has 0 saturated heterocycles. The van der Waals surface area contributed by atoms with Gasteiger partial charge in [-0.2, -0.15) is 0 Å². The van der Waals surface area contributed by atoms with Gasteiger partial charge in [-0.25, -0.2) is 0 Å². The van der Waals surface area contributed by atoms with E-state index in [4.69, 9.17) is 10.5 Å². The Kier molecular flexibility index (Phi) is 11.8. The fourth-order valence-electron chi connectivity index (χ4n) is 2.06. The predicted molar refractivity (Wildman–Crippen MR) is 84.7 cm³/mol. The van der Waals surface area contributed by atoms with Crippen molar-refractivity contribution < 1.29 is 9.53 Å². The summed E-state index contributed by atoms with van der Waals surface area (Å²) in [4.78, 5) is 11.5. The zero-order chi connectivity index (χ0) is 15.3. The second-order valence-electron chi connectivity index (χ2n) is 5.75. The molecule has 0 aromatic heterocycles. The average molecular weight is 286 g/mol. The number of primary amides is 1. The number of nitrogens with two attached hydrogens (primary N) is 1. The summed E-state index contributed by atoms with van der Waals surface area (Å²) < 4.78 is 5.62. The van der Waals surface area contributed by atoms with Crippen molar-refractivity contribution in [2.45, 2.75) is 77.7 Å². The Morgan fingerprint density at radius 2 is 1.70 bits per heavy atom. The summed E-state index contributed by atoms with van der Waals surface area (Å²) in [5.41, 5.74) is 4.82. The van der Waals surface area contributed by atoms with Crippen LogP contribution in [-0.2, 0) is 9.53 Å². The fourth-order valence-corrected chi connectivity index (χ4v) is 2.06. The lowest BCUT2D eigenvalue weighted by Gasteiger charge is -2.27. The number of amides is 1. The molecule has 0 fully saturated rings. The van der Waals surface area contributed by atoms with Gasteiger partial charge in [-0.15, -0.1) is 0 Å². The second-order valence-corrected chi connectivity index (χ2v) is 5.75. The molecule has 20 heavy (non-hydrogen) atoms. The van der Waals surface area contributed by atoms with Crippen molar-refractivity contribution in [3.63, 3.8) is 0 Å². The highest BCUT2D eigenvalue weighted by Crippen LogP contribution is 2.10. The summed E-state index contributed by atoms with van der Waals surface area (Å²) in [5.74, 6) is -0.297. The summed E-state index contributed by atoms with van der Waals surface area (Å²) in [6, 6.07) is 0. The van der Waals surface area contributed by atoms with E-state index in [1.54, 1.807) is 0 Å². The molecule has 0 heterocycles. The van der Waals surface area contributed by atoms with Crippen molar-refractivity contribution in [2.24, 2.45) is 5.73 Å². The minimum Gasteiger partial charge on any atom is -0.381 e. The molecule has 3 N–H and O–H groups in total. The largest absolute Gasteiger partial charge is 0.381 e. The molecule has 0 radical (unpaired) electrons. The van der Waals surface area contributed by atoms with Gasteiger partial charge in [0.05, 0.1) is 5.54 Å². The van der Waals surface area contributed by atoms with Gasteiger partial charge >= 0.3 is 0 Å². The monoisotopic (exact) mass is 286 g/mol. The van der Waals surface area contributed by atoms with E-state index < -0.39 is 5.54 Å². The minimum atomic E-state index is -0.642. The molecular formula is C16H34N2O2. The van der Waals surface area contributed by atoms with Gasteiger partial charge in [-0.3, -0.25) is 4.79 Å². The van der Waals surface area contributed by atoms with Crippen LogP contribution in [0.5, 0.6) is 0 Å². The third-order valence-electron chi connectivity index (χ3n) is 3.70. The Balaban J connectivity index is 3.61. The molecule has 0 saturated carbocycles. The van der Waals surface area contributed by atoms with E-state index in [1.165, 1.54) is 32.1 Å². The lowest BCUT2D eigenvalue weighted by atomic mass is 9.97. The Morgan fingerprint density at radius 1 is 1.05 bits per heavy atom. The molecule has 0 rings (SSSR count). The van der Waals surface area contributed by atoms with E-state index in [2.05, 4.69) is 19.2 Å². The second kappa shape index (κ2) is 12.2. The van der Waals surface area contributed by atoms with Crippen LogP contribution in [0, 0.1) is 0 Å². The summed E-state index contributed by atoms with van der Waals surface area (Å²) in [6.07, 6.45) is 9.22. The van der Waals surface area contributed by atoms with E-state index >= 15 is 0 Å². The van der Waals surface area contributed by atoms with Crippen molar-refractivity contribution >= 4 is 5.91 Å². The molecule has 1 amide bonds. The molecule has 1 unspecified atom stereocenters. The average Bonchev–Trinajstić information content (AvgIpc) is 2.43. The highest BCUT2D eigenvalue weighted by Gasteiger charge is 2.29. The van der Waals surface area contributed by atoms with Crippen LogP contribution in [0.25, 0.3) is 0 Å². The van der Waals surface area contributed by atoms with E-state index in [0.29, 0.717) is 13.0 Å². The van der Waals surface area contributed by atoms with Crippen LogP contribution >= 0.6 is 0 Å². The van der Waals surface area contributed by atoms with Gasteiger partial charge in [-0.1, -0.05) is 46.0 Å². The van der Waals surface area contributed by atoms with Crippen LogP contribution in [0.15, 0.2) is 0 Å². The van der Waals surface area contributed by atoms with Gasteiger partial charge < -0.3 is 15.8 Å². The number of nitrogens with one attached hydrogen (secondary N) is 1. The molecule has 0 aliphatic heterocycles. The van der Waals surface area contributed by atoms with Gasteiger partial charge in [0, 0.05) is 13.2 Å². The Hall–Kier alpha value is -0.610. The molecule has 4 nitrogen and oxygen atoms in total.